The first-order chi connectivity index (χ1) is 9.10. The van der Waals surface area contributed by atoms with Crippen LogP contribution >= 0.6 is 0 Å². The molecule has 0 saturated carbocycles. The van der Waals surface area contributed by atoms with Gasteiger partial charge in [0.2, 0.25) is 0 Å². The van der Waals surface area contributed by atoms with Gasteiger partial charge in [-0.15, -0.1) is 0 Å². The first-order valence-corrected chi connectivity index (χ1v) is 6.12. The van der Waals surface area contributed by atoms with E-state index in [1.165, 1.54) is 25.3 Å². The van der Waals surface area contributed by atoms with Crippen LogP contribution in [0, 0.1) is 5.82 Å². The maximum atomic E-state index is 13.1. The highest BCUT2D eigenvalue weighted by Crippen LogP contribution is 2.24. The highest BCUT2D eigenvalue weighted by molar-refractivity contribution is 5.91. The Morgan fingerprint density at radius 2 is 2.26 bits per heavy atom. The van der Waals surface area contributed by atoms with E-state index in [-0.39, 0.29) is 18.3 Å². The lowest BCUT2D eigenvalue weighted by atomic mass is 10.2. The summed E-state index contributed by atoms with van der Waals surface area (Å²) >= 11 is 0. The molecule has 1 aromatic carbocycles. The van der Waals surface area contributed by atoms with E-state index in [4.69, 9.17) is 9.84 Å². The first kappa shape index (κ1) is 15.2. The number of hydrogen-bond donors (Lipinski definition) is 3. The van der Waals surface area contributed by atoms with Gasteiger partial charge in [-0.2, -0.15) is 0 Å². The van der Waals surface area contributed by atoms with E-state index in [9.17, 15) is 9.18 Å². The number of ether oxygens (including phenoxy) is 1. The minimum atomic E-state index is -0.460. The smallest absolute Gasteiger partial charge is 0.319 e. The van der Waals surface area contributed by atoms with Crippen LogP contribution in [0.3, 0.4) is 0 Å². The molecule has 0 spiro atoms. The number of aliphatic hydroxyl groups excluding tert-OH is 1. The summed E-state index contributed by atoms with van der Waals surface area (Å²) in [4.78, 5) is 11.8. The minimum absolute atomic E-state index is 0.00206. The molecule has 0 aliphatic rings. The van der Waals surface area contributed by atoms with Gasteiger partial charge >= 0.3 is 6.03 Å². The van der Waals surface area contributed by atoms with Crippen molar-refractivity contribution in [1.82, 2.24) is 5.32 Å². The Balaban J connectivity index is 2.68. The zero-order valence-electron chi connectivity index (χ0n) is 11.1. The summed E-state index contributed by atoms with van der Waals surface area (Å²) in [5.74, 6) is -0.0785. The van der Waals surface area contributed by atoms with Crippen molar-refractivity contribution < 1.29 is 19.0 Å². The quantitative estimate of drug-likeness (QED) is 0.741. The number of anilines is 1. The monoisotopic (exact) mass is 270 g/mol. The normalized spacial score (nSPS) is 11.8. The standard InChI is InChI=1S/C13H19FN2O3/c1-3-10(6-7-17)15-13(18)16-11-8-9(14)4-5-12(11)19-2/h4-5,8,10,17H,3,6-7H2,1-2H3,(H2,15,16,18). The average Bonchev–Trinajstić information content (AvgIpc) is 2.38. The van der Waals surface area contributed by atoms with E-state index in [2.05, 4.69) is 10.6 Å². The highest BCUT2D eigenvalue weighted by atomic mass is 19.1. The third kappa shape index (κ3) is 4.75. The van der Waals surface area contributed by atoms with Crippen LogP contribution in [0.2, 0.25) is 0 Å². The van der Waals surface area contributed by atoms with Crippen molar-refractivity contribution in [2.45, 2.75) is 25.8 Å². The molecule has 1 unspecified atom stereocenters. The zero-order valence-corrected chi connectivity index (χ0v) is 11.1. The molecule has 0 aliphatic carbocycles. The molecule has 0 bridgehead atoms. The second-order valence-corrected chi connectivity index (χ2v) is 4.06. The van der Waals surface area contributed by atoms with Crippen LogP contribution in [0.4, 0.5) is 14.9 Å². The van der Waals surface area contributed by atoms with Gasteiger partial charge in [0.1, 0.15) is 11.6 Å². The second kappa shape index (κ2) is 7.58. The van der Waals surface area contributed by atoms with Crippen molar-refractivity contribution >= 4 is 11.7 Å². The largest absolute Gasteiger partial charge is 0.495 e. The van der Waals surface area contributed by atoms with Gasteiger partial charge in [-0.1, -0.05) is 6.92 Å². The number of carbonyl (C=O) groups excluding carboxylic acids is 1. The van der Waals surface area contributed by atoms with Crippen LogP contribution in [0.5, 0.6) is 5.75 Å². The molecule has 1 aromatic rings. The molecular weight excluding hydrogens is 251 g/mol. The molecule has 0 aliphatic heterocycles. The number of halogens is 1. The van der Waals surface area contributed by atoms with E-state index in [0.29, 0.717) is 18.6 Å². The summed E-state index contributed by atoms with van der Waals surface area (Å²) in [7, 11) is 1.44. The summed E-state index contributed by atoms with van der Waals surface area (Å²) < 4.78 is 18.2. The number of rotatable bonds is 6. The van der Waals surface area contributed by atoms with E-state index in [0.717, 1.165) is 0 Å². The van der Waals surface area contributed by atoms with Crippen molar-refractivity contribution in [2.24, 2.45) is 0 Å². The number of carbonyl (C=O) groups is 1. The Bertz CT molecular complexity index is 426. The molecule has 0 aromatic heterocycles. The maximum Gasteiger partial charge on any atom is 0.319 e. The fourth-order valence-corrected chi connectivity index (χ4v) is 1.66. The lowest BCUT2D eigenvalue weighted by Crippen LogP contribution is -2.38. The number of amides is 2. The molecular formula is C13H19FN2O3. The fourth-order valence-electron chi connectivity index (χ4n) is 1.66. The van der Waals surface area contributed by atoms with Gasteiger partial charge in [-0.3, -0.25) is 0 Å². The number of hydrogen-bond acceptors (Lipinski definition) is 3. The summed E-state index contributed by atoms with van der Waals surface area (Å²) in [6, 6.07) is 3.30. The molecule has 0 radical (unpaired) electrons. The topological polar surface area (TPSA) is 70.6 Å². The molecule has 5 nitrogen and oxygen atoms in total. The van der Waals surface area contributed by atoms with Crippen molar-refractivity contribution in [3.63, 3.8) is 0 Å². The SMILES string of the molecule is CCC(CCO)NC(=O)Nc1cc(F)ccc1OC. The van der Waals surface area contributed by atoms with Gasteiger partial charge in [0.25, 0.3) is 0 Å². The lowest BCUT2D eigenvalue weighted by molar-refractivity contribution is 0.237. The van der Waals surface area contributed by atoms with Gasteiger partial charge in [0, 0.05) is 18.7 Å². The molecule has 106 valence electrons. The van der Waals surface area contributed by atoms with Crippen molar-refractivity contribution in [3.8, 4) is 5.75 Å². The summed E-state index contributed by atoms with van der Waals surface area (Å²) in [6.07, 6.45) is 1.18. The molecule has 6 heteroatoms. The molecule has 0 saturated heterocycles. The van der Waals surface area contributed by atoms with Gasteiger partial charge in [0.05, 0.1) is 12.8 Å². The van der Waals surface area contributed by atoms with Crippen LogP contribution in [0.15, 0.2) is 18.2 Å². The van der Waals surface area contributed by atoms with Crippen LogP contribution in [-0.2, 0) is 0 Å². The zero-order chi connectivity index (χ0) is 14.3. The van der Waals surface area contributed by atoms with Crippen LogP contribution in [-0.4, -0.2) is 30.9 Å². The van der Waals surface area contributed by atoms with Crippen LogP contribution < -0.4 is 15.4 Å². The number of methoxy groups -OCH3 is 1. The number of nitrogens with one attached hydrogen (secondary N) is 2. The van der Waals surface area contributed by atoms with Gasteiger partial charge in [-0.05, 0) is 25.0 Å². The van der Waals surface area contributed by atoms with E-state index in [1.54, 1.807) is 0 Å². The first-order valence-electron chi connectivity index (χ1n) is 6.12. The Hall–Kier alpha value is -1.82. The highest BCUT2D eigenvalue weighted by Gasteiger charge is 2.12. The lowest BCUT2D eigenvalue weighted by Gasteiger charge is -2.17. The summed E-state index contributed by atoms with van der Waals surface area (Å²) in [6.45, 7) is 1.91. The molecule has 0 fully saturated rings. The Morgan fingerprint density at radius 3 is 2.84 bits per heavy atom. The predicted octanol–water partition coefficient (Wildman–Crippen LogP) is 2.12. The van der Waals surface area contributed by atoms with Gasteiger partial charge in [0.15, 0.2) is 0 Å². The molecule has 1 atom stereocenters. The predicted molar refractivity (Wildman–Crippen MR) is 70.9 cm³/mol. The Kier molecular flexibility index (Phi) is 6.08. The molecule has 0 heterocycles. The van der Waals surface area contributed by atoms with E-state index >= 15 is 0 Å². The molecule has 1 rings (SSSR count). The summed E-state index contributed by atoms with van der Waals surface area (Å²) in [5, 5.41) is 14.1. The fraction of sp³-hybridized carbons (Fsp3) is 0.462. The third-order valence-corrected chi connectivity index (χ3v) is 2.72. The van der Waals surface area contributed by atoms with Gasteiger partial charge < -0.3 is 20.5 Å². The summed E-state index contributed by atoms with van der Waals surface area (Å²) in [5.41, 5.74) is 0.263. The minimum Gasteiger partial charge on any atom is -0.495 e. The average molecular weight is 270 g/mol. The second-order valence-electron chi connectivity index (χ2n) is 4.06. The Labute approximate surface area is 111 Å². The molecule has 3 N–H and O–H groups in total. The van der Waals surface area contributed by atoms with Crippen molar-refractivity contribution in [1.29, 1.82) is 0 Å². The third-order valence-electron chi connectivity index (χ3n) is 2.72. The van der Waals surface area contributed by atoms with Gasteiger partial charge in [-0.25, -0.2) is 9.18 Å². The number of benzene rings is 1. The van der Waals surface area contributed by atoms with Crippen LogP contribution in [0.1, 0.15) is 19.8 Å². The van der Waals surface area contributed by atoms with E-state index in [1.807, 2.05) is 6.92 Å². The molecule has 2 amide bonds. The van der Waals surface area contributed by atoms with Crippen molar-refractivity contribution in [2.75, 3.05) is 19.0 Å². The number of aliphatic hydroxyl groups is 1. The van der Waals surface area contributed by atoms with Crippen LogP contribution in [0.25, 0.3) is 0 Å². The Morgan fingerprint density at radius 1 is 1.53 bits per heavy atom. The van der Waals surface area contributed by atoms with Crippen molar-refractivity contribution in [3.05, 3.63) is 24.0 Å². The number of urea groups is 1. The maximum absolute atomic E-state index is 13.1. The molecule has 19 heavy (non-hydrogen) atoms. The van der Waals surface area contributed by atoms with E-state index < -0.39 is 11.8 Å².